The van der Waals surface area contributed by atoms with E-state index in [1.165, 1.54) is 43.1 Å². The third kappa shape index (κ3) is 5.10. The molecule has 0 atom stereocenters. The van der Waals surface area contributed by atoms with Gasteiger partial charge in [0.2, 0.25) is 0 Å². The molecular weight excluding hydrogens is 505 g/mol. The zero-order chi connectivity index (χ0) is 23.6. The first-order valence-electron chi connectivity index (χ1n) is 9.96. The van der Waals surface area contributed by atoms with E-state index in [1.54, 1.807) is 0 Å². The SMILES string of the molecule is O=S(=O)([O-])C(F)(F)F.[C-]1=CC=CC1.[Fe+2].c1cc2cccc3c4cccc5cccc(c(c1)c23)c54. The molecule has 6 rings (SSSR count). The van der Waals surface area contributed by atoms with Crippen molar-refractivity contribution >= 4 is 53.2 Å². The van der Waals surface area contributed by atoms with Gasteiger partial charge in [-0.25, -0.2) is 20.6 Å². The van der Waals surface area contributed by atoms with Crippen molar-refractivity contribution in [3.8, 4) is 0 Å². The number of benzene rings is 5. The number of fused-ring (bicyclic) bond motifs is 2. The summed E-state index contributed by atoms with van der Waals surface area (Å²) in [7, 11) is -6.09. The minimum Gasteiger partial charge on any atom is -0.741 e. The molecule has 0 bridgehead atoms. The summed E-state index contributed by atoms with van der Waals surface area (Å²) < 4.78 is 58.9. The van der Waals surface area contributed by atoms with Crippen molar-refractivity contribution in [1.29, 1.82) is 0 Å². The zero-order valence-electron chi connectivity index (χ0n) is 17.5. The molecule has 0 spiro atoms. The predicted octanol–water partition coefficient (Wildman–Crippen LogP) is 7.09. The second-order valence-corrected chi connectivity index (χ2v) is 8.69. The van der Waals surface area contributed by atoms with E-state index in [9.17, 15) is 13.2 Å². The Kier molecular flexibility index (Phi) is 7.68. The van der Waals surface area contributed by atoms with Gasteiger partial charge in [0.05, 0.1) is 0 Å². The molecule has 0 radical (unpaired) electrons. The molecule has 0 aliphatic heterocycles. The summed E-state index contributed by atoms with van der Waals surface area (Å²) in [5.74, 6) is 0. The normalized spacial score (nSPS) is 12.9. The summed E-state index contributed by atoms with van der Waals surface area (Å²) in [6, 6.07) is 26.4. The average Bonchev–Trinajstić information content (AvgIpc) is 3.37. The van der Waals surface area contributed by atoms with Crippen LogP contribution in [0.1, 0.15) is 6.42 Å². The summed E-state index contributed by atoms with van der Waals surface area (Å²) in [5.41, 5.74) is -5.65. The van der Waals surface area contributed by atoms with Crippen LogP contribution in [0.15, 0.2) is 91.0 Å². The largest absolute Gasteiger partial charge is 2.00 e. The molecule has 0 heterocycles. The first kappa shape index (κ1) is 25.7. The van der Waals surface area contributed by atoms with Crippen molar-refractivity contribution in [3.63, 3.8) is 0 Å². The molecule has 0 aromatic heterocycles. The molecular formula is C26H17F3FeO3S. The Morgan fingerprint density at radius 3 is 1.29 bits per heavy atom. The van der Waals surface area contributed by atoms with Gasteiger partial charge in [-0.2, -0.15) is 19.2 Å². The summed E-state index contributed by atoms with van der Waals surface area (Å²) in [6.07, 6.45) is 10.0. The van der Waals surface area contributed by atoms with Crippen LogP contribution >= 0.6 is 0 Å². The second-order valence-electron chi connectivity index (χ2n) is 7.32. The second kappa shape index (κ2) is 10.2. The third-order valence-corrected chi connectivity index (χ3v) is 5.83. The monoisotopic (exact) mass is 522 g/mol. The minimum absolute atomic E-state index is 0. The van der Waals surface area contributed by atoms with Gasteiger partial charge in [0.25, 0.3) is 0 Å². The van der Waals surface area contributed by atoms with Crippen molar-refractivity contribution in [2.75, 3.05) is 0 Å². The van der Waals surface area contributed by atoms with Gasteiger partial charge in [-0.1, -0.05) is 72.8 Å². The molecule has 0 saturated heterocycles. The fourth-order valence-corrected chi connectivity index (χ4v) is 3.92. The van der Waals surface area contributed by atoms with Crippen LogP contribution in [0.25, 0.3) is 43.1 Å². The maximum absolute atomic E-state index is 10.7. The quantitative estimate of drug-likeness (QED) is 0.0545. The predicted molar refractivity (Wildman–Crippen MR) is 125 cm³/mol. The first-order valence-corrected chi connectivity index (χ1v) is 11.4. The first-order chi connectivity index (χ1) is 15.7. The van der Waals surface area contributed by atoms with Crippen molar-refractivity contribution in [2.24, 2.45) is 0 Å². The molecule has 0 saturated carbocycles. The topological polar surface area (TPSA) is 57.2 Å². The zero-order valence-corrected chi connectivity index (χ0v) is 19.4. The molecule has 5 aromatic rings. The van der Waals surface area contributed by atoms with Crippen molar-refractivity contribution in [2.45, 2.75) is 11.9 Å². The minimum atomic E-state index is -6.09. The molecule has 0 amide bonds. The van der Waals surface area contributed by atoms with Crippen LogP contribution < -0.4 is 0 Å². The van der Waals surface area contributed by atoms with Crippen LogP contribution in [0.5, 0.6) is 0 Å². The van der Waals surface area contributed by atoms with Crippen LogP contribution in [0, 0.1) is 6.08 Å². The summed E-state index contributed by atoms with van der Waals surface area (Å²) in [5, 5.41) is 10.9. The Labute approximate surface area is 205 Å². The van der Waals surface area contributed by atoms with Gasteiger partial charge < -0.3 is 4.55 Å². The molecule has 174 valence electrons. The van der Waals surface area contributed by atoms with E-state index >= 15 is 0 Å². The Balaban J connectivity index is 0.000000194. The fourth-order valence-electron chi connectivity index (χ4n) is 3.92. The number of allylic oxidation sites excluding steroid dienone is 4. The maximum atomic E-state index is 10.7. The van der Waals surface area contributed by atoms with Crippen LogP contribution in [-0.2, 0) is 27.2 Å². The number of hydrogen-bond donors (Lipinski definition) is 0. The van der Waals surface area contributed by atoms with E-state index < -0.39 is 15.6 Å². The van der Waals surface area contributed by atoms with Gasteiger partial charge >= 0.3 is 22.6 Å². The van der Waals surface area contributed by atoms with E-state index in [4.69, 9.17) is 13.0 Å². The van der Waals surface area contributed by atoms with Gasteiger partial charge in [-0.15, -0.1) is 6.42 Å². The Morgan fingerprint density at radius 1 is 0.735 bits per heavy atom. The molecule has 1 aliphatic carbocycles. The molecule has 34 heavy (non-hydrogen) atoms. The number of alkyl halides is 3. The van der Waals surface area contributed by atoms with Crippen LogP contribution in [0.3, 0.4) is 0 Å². The summed E-state index contributed by atoms with van der Waals surface area (Å²) >= 11 is 0. The molecule has 0 N–H and O–H groups in total. The van der Waals surface area contributed by atoms with E-state index in [0.717, 1.165) is 6.42 Å². The van der Waals surface area contributed by atoms with Gasteiger partial charge in [-0.05, 0) is 43.1 Å². The van der Waals surface area contributed by atoms with E-state index in [2.05, 4.69) is 84.9 Å². The van der Waals surface area contributed by atoms with E-state index in [1.807, 2.05) is 12.2 Å². The Bertz CT molecular complexity index is 1430. The van der Waals surface area contributed by atoms with Crippen LogP contribution in [-0.4, -0.2) is 18.5 Å². The Morgan fingerprint density at radius 2 is 1.09 bits per heavy atom. The standard InChI is InChI=1S/C20H12.C5H5.CHF3O3S.Fe/c1-5-13-6-2-11-17-18-12-4-8-14-7-3-10-16(20(14)18)15(9-1)19(13)17;1-2-4-5-3-1;2-1(3,4)8(5,6)7;/h1-12H;1-3H,4H2;(H,5,6,7);/q;-1;;+2/p-1. The summed E-state index contributed by atoms with van der Waals surface area (Å²) in [4.78, 5) is 0. The van der Waals surface area contributed by atoms with Crippen molar-refractivity contribution in [1.82, 2.24) is 0 Å². The van der Waals surface area contributed by atoms with Crippen LogP contribution in [0.2, 0.25) is 0 Å². The fraction of sp³-hybridized carbons (Fsp3) is 0.0769. The number of halogens is 3. The molecule has 8 heteroatoms. The molecule has 0 unspecified atom stereocenters. The average molecular weight is 522 g/mol. The number of hydrogen-bond acceptors (Lipinski definition) is 3. The molecule has 0 fully saturated rings. The Hall–Kier alpha value is -2.90. The maximum Gasteiger partial charge on any atom is 2.00 e. The summed E-state index contributed by atoms with van der Waals surface area (Å²) in [6.45, 7) is 0. The van der Waals surface area contributed by atoms with Gasteiger partial charge in [-0.3, -0.25) is 6.08 Å². The van der Waals surface area contributed by atoms with E-state index in [-0.39, 0.29) is 17.1 Å². The van der Waals surface area contributed by atoms with Gasteiger partial charge in [0.1, 0.15) is 0 Å². The number of rotatable bonds is 0. The van der Waals surface area contributed by atoms with Crippen molar-refractivity contribution < 1.29 is 43.2 Å². The van der Waals surface area contributed by atoms with E-state index in [0.29, 0.717) is 0 Å². The van der Waals surface area contributed by atoms with Crippen LogP contribution in [0.4, 0.5) is 13.2 Å². The third-order valence-electron chi connectivity index (χ3n) is 5.26. The van der Waals surface area contributed by atoms with Crippen molar-refractivity contribution in [3.05, 3.63) is 97.1 Å². The smallest absolute Gasteiger partial charge is 0.741 e. The molecule has 1 aliphatic rings. The van der Waals surface area contributed by atoms with Gasteiger partial charge in [0, 0.05) is 0 Å². The molecule has 3 nitrogen and oxygen atoms in total. The van der Waals surface area contributed by atoms with Gasteiger partial charge in [0.15, 0.2) is 10.1 Å². The molecule has 5 aromatic carbocycles.